The Balaban J connectivity index is 1.60. The lowest BCUT2D eigenvalue weighted by Crippen LogP contribution is -2.36. The van der Waals surface area contributed by atoms with Crippen LogP contribution in [0.15, 0.2) is 84.0 Å². The predicted octanol–water partition coefficient (Wildman–Crippen LogP) is 5.02. The number of benzene rings is 3. The molecule has 0 fully saturated rings. The number of anilines is 2. The number of halogens is 1. The largest absolute Gasteiger partial charge is 0.361 e. The van der Waals surface area contributed by atoms with Crippen LogP contribution in [0.2, 0.25) is 0 Å². The van der Waals surface area contributed by atoms with E-state index in [9.17, 15) is 9.18 Å². The first-order valence-electron chi connectivity index (χ1n) is 9.48. The molecule has 4 aromatic rings. The normalized spacial score (nSPS) is 16.1. The molecule has 1 aliphatic heterocycles. The second-order valence-corrected chi connectivity index (χ2v) is 7.04. The molecule has 29 heavy (non-hydrogen) atoms. The Morgan fingerprint density at radius 3 is 2.52 bits per heavy atom. The van der Waals surface area contributed by atoms with Crippen molar-refractivity contribution in [3.05, 3.63) is 95.9 Å². The van der Waals surface area contributed by atoms with Crippen LogP contribution in [0.5, 0.6) is 0 Å². The molecule has 1 amide bonds. The van der Waals surface area contributed by atoms with Crippen LogP contribution >= 0.6 is 0 Å². The van der Waals surface area contributed by atoms with Gasteiger partial charge >= 0.3 is 0 Å². The van der Waals surface area contributed by atoms with E-state index in [1.165, 1.54) is 11.0 Å². The zero-order chi connectivity index (χ0) is 19.8. The van der Waals surface area contributed by atoms with E-state index in [1.54, 1.807) is 24.4 Å². The summed E-state index contributed by atoms with van der Waals surface area (Å²) < 4.78 is 14.6. The Bertz CT molecular complexity index is 1240. The lowest BCUT2D eigenvalue weighted by atomic mass is 10.0. The molecule has 5 heteroatoms. The molecule has 4 nitrogen and oxygen atoms in total. The number of rotatable bonds is 3. The molecule has 0 unspecified atom stereocenters. The van der Waals surface area contributed by atoms with Crippen LogP contribution in [0.4, 0.5) is 15.8 Å². The molecule has 3 aromatic carbocycles. The number of aromatic nitrogens is 1. The molecule has 1 aliphatic rings. The second-order valence-electron chi connectivity index (χ2n) is 7.04. The van der Waals surface area contributed by atoms with Gasteiger partial charge in [-0.15, -0.1) is 0 Å². The fourth-order valence-corrected chi connectivity index (χ4v) is 3.83. The number of hydrogen-bond acceptors (Lipinski definition) is 2. The Kier molecular flexibility index (Phi) is 4.21. The number of nitrogens with one attached hydrogen (secondary N) is 1. The number of fused-ring (bicyclic) bond motifs is 2. The van der Waals surface area contributed by atoms with E-state index in [1.807, 2.05) is 54.7 Å². The van der Waals surface area contributed by atoms with Gasteiger partial charge in [0.1, 0.15) is 11.9 Å². The number of hydrogen-bond donors (Lipinski definition) is 1. The Hall–Kier alpha value is -3.73. The van der Waals surface area contributed by atoms with E-state index in [2.05, 4.69) is 9.98 Å². The molecule has 0 radical (unpaired) electrons. The molecule has 1 aromatic heterocycles. The van der Waals surface area contributed by atoms with Gasteiger partial charge in [-0.05, 0) is 29.8 Å². The summed E-state index contributed by atoms with van der Waals surface area (Å²) in [5.41, 5.74) is 3.68. The molecule has 0 saturated carbocycles. The van der Waals surface area contributed by atoms with Crippen LogP contribution in [0.3, 0.4) is 0 Å². The Morgan fingerprint density at radius 1 is 0.931 bits per heavy atom. The summed E-state index contributed by atoms with van der Waals surface area (Å²) in [4.78, 5) is 22.8. The summed E-state index contributed by atoms with van der Waals surface area (Å²) in [6, 6.07) is 21.1. The van der Waals surface area contributed by atoms with Gasteiger partial charge in [-0.25, -0.2) is 4.39 Å². The first kappa shape index (κ1) is 17.4. The number of H-pyrrole nitrogens is 1. The maximum Gasteiger partial charge on any atom is 0.256 e. The van der Waals surface area contributed by atoms with Crippen molar-refractivity contribution >= 4 is 34.4 Å². The number of aromatic amines is 1. The highest BCUT2D eigenvalue weighted by Gasteiger charge is 2.31. The third kappa shape index (κ3) is 3.01. The average Bonchev–Trinajstić information content (AvgIpc) is 3.10. The van der Waals surface area contributed by atoms with Gasteiger partial charge in [0.05, 0.1) is 11.4 Å². The number of para-hydroxylation sites is 3. The van der Waals surface area contributed by atoms with Crippen LogP contribution in [0.1, 0.15) is 11.1 Å². The molecule has 2 heterocycles. The van der Waals surface area contributed by atoms with Gasteiger partial charge < -0.3 is 4.98 Å². The topological polar surface area (TPSA) is 48.5 Å². The standard InChI is InChI=1S/C24H18FN3O/c25-19-9-3-6-12-23(19)28-22-11-5-1-7-16(22)14-27-21(24(28)29)13-17-15-26-20-10-4-2-8-18(17)20/h1-12,14-15,21,26H,13H2/t21-/m1/s1. The van der Waals surface area contributed by atoms with E-state index in [-0.39, 0.29) is 11.6 Å². The lowest BCUT2D eigenvalue weighted by Gasteiger charge is -2.25. The summed E-state index contributed by atoms with van der Waals surface area (Å²) >= 11 is 0. The molecule has 5 rings (SSSR count). The number of aliphatic imine (C=N–C) groups is 1. The minimum Gasteiger partial charge on any atom is -0.361 e. The number of benzodiazepines with no additional fused rings is 1. The molecule has 1 atom stereocenters. The highest BCUT2D eigenvalue weighted by atomic mass is 19.1. The van der Waals surface area contributed by atoms with Crippen LogP contribution in [0, 0.1) is 5.82 Å². The van der Waals surface area contributed by atoms with Gasteiger partial charge in [-0.2, -0.15) is 0 Å². The van der Waals surface area contributed by atoms with Crippen molar-refractivity contribution in [2.75, 3.05) is 4.90 Å². The maximum absolute atomic E-state index is 14.6. The van der Waals surface area contributed by atoms with Gasteiger partial charge in [0.2, 0.25) is 0 Å². The van der Waals surface area contributed by atoms with Gasteiger partial charge in [-0.1, -0.05) is 48.5 Å². The minimum atomic E-state index is -0.652. The minimum absolute atomic E-state index is 0.236. The number of carbonyl (C=O) groups is 1. The van der Waals surface area contributed by atoms with Gasteiger partial charge in [0.15, 0.2) is 0 Å². The molecule has 0 saturated heterocycles. The van der Waals surface area contributed by atoms with Crippen molar-refractivity contribution in [1.29, 1.82) is 0 Å². The van der Waals surface area contributed by atoms with Crippen molar-refractivity contribution in [3.63, 3.8) is 0 Å². The van der Waals surface area contributed by atoms with E-state index in [0.717, 1.165) is 22.0 Å². The molecule has 1 N–H and O–H groups in total. The zero-order valence-corrected chi connectivity index (χ0v) is 15.5. The average molecular weight is 383 g/mol. The first-order valence-corrected chi connectivity index (χ1v) is 9.48. The quantitative estimate of drug-likeness (QED) is 0.531. The van der Waals surface area contributed by atoms with Crippen molar-refractivity contribution in [2.24, 2.45) is 4.99 Å². The highest BCUT2D eigenvalue weighted by Crippen LogP contribution is 2.33. The summed E-state index contributed by atoms with van der Waals surface area (Å²) in [5.74, 6) is -0.690. The van der Waals surface area contributed by atoms with E-state index in [4.69, 9.17) is 0 Å². The van der Waals surface area contributed by atoms with E-state index in [0.29, 0.717) is 12.1 Å². The third-order valence-corrected chi connectivity index (χ3v) is 5.26. The molecule has 0 spiro atoms. The van der Waals surface area contributed by atoms with E-state index >= 15 is 0 Å². The fraction of sp³-hybridized carbons (Fsp3) is 0.0833. The van der Waals surface area contributed by atoms with Crippen LogP contribution in [-0.4, -0.2) is 23.1 Å². The van der Waals surface area contributed by atoms with Gasteiger partial charge in [-0.3, -0.25) is 14.7 Å². The first-order chi connectivity index (χ1) is 14.2. The summed E-state index contributed by atoms with van der Waals surface area (Å²) in [5, 5.41) is 1.06. The van der Waals surface area contributed by atoms with Crippen molar-refractivity contribution in [3.8, 4) is 0 Å². The predicted molar refractivity (Wildman–Crippen MR) is 113 cm³/mol. The molecule has 0 bridgehead atoms. The van der Waals surface area contributed by atoms with Crippen LogP contribution in [-0.2, 0) is 11.2 Å². The highest BCUT2D eigenvalue weighted by molar-refractivity contribution is 6.10. The Morgan fingerprint density at radius 2 is 1.66 bits per heavy atom. The lowest BCUT2D eigenvalue weighted by molar-refractivity contribution is -0.119. The molecule has 142 valence electrons. The molecular formula is C24H18FN3O. The van der Waals surface area contributed by atoms with E-state index < -0.39 is 11.9 Å². The molecule has 0 aliphatic carbocycles. The SMILES string of the molecule is O=C1[C@@H](Cc2c[nH]c3ccccc23)N=Cc2ccccc2N1c1ccccc1F. The van der Waals surface area contributed by atoms with Crippen molar-refractivity contribution in [1.82, 2.24) is 4.98 Å². The number of amides is 1. The van der Waals surface area contributed by atoms with Crippen LogP contribution in [0.25, 0.3) is 10.9 Å². The second kappa shape index (κ2) is 7.02. The zero-order valence-electron chi connectivity index (χ0n) is 15.5. The maximum atomic E-state index is 14.6. The summed E-state index contributed by atoms with van der Waals surface area (Å²) in [6.45, 7) is 0. The summed E-state index contributed by atoms with van der Waals surface area (Å²) in [6.07, 6.45) is 4.06. The fourth-order valence-electron chi connectivity index (χ4n) is 3.83. The van der Waals surface area contributed by atoms with Crippen molar-refractivity contribution < 1.29 is 9.18 Å². The Labute approximate surface area is 167 Å². The summed E-state index contributed by atoms with van der Waals surface area (Å²) in [7, 11) is 0. The number of nitrogens with zero attached hydrogens (tertiary/aromatic N) is 2. The van der Waals surface area contributed by atoms with Gasteiger partial charge in [0, 0.05) is 35.3 Å². The smallest absolute Gasteiger partial charge is 0.256 e. The number of carbonyl (C=O) groups excluding carboxylic acids is 1. The van der Waals surface area contributed by atoms with Gasteiger partial charge in [0.25, 0.3) is 5.91 Å². The molecular weight excluding hydrogens is 365 g/mol. The van der Waals surface area contributed by atoms with Crippen LogP contribution < -0.4 is 4.90 Å². The monoisotopic (exact) mass is 383 g/mol. The third-order valence-electron chi connectivity index (χ3n) is 5.26. The van der Waals surface area contributed by atoms with Crippen molar-refractivity contribution in [2.45, 2.75) is 12.5 Å².